The molecule has 1 aliphatic rings. The number of hydrogen-bond acceptors (Lipinski definition) is 3. The average molecular weight is 334 g/mol. The summed E-state index contributed by atoms with van der Waals surface area (Å²) in [4.78, 5) is 4.60. The van der Waals surface area contributed by atoms with E-state index in [1.54, 1.807) is 0 Å². The lowest BCUT2D eigenvalue weighted by Crippen LogP contribution is -2.21. The second kappa shape index (κ2) is 7.38. The highest BCUT2D eigenvalue weighted by molar-refractivity contribution is 5.82. The van der Waals surface area contributed by atoms with Gasteiger partial charge < -0.3 is 15.6 Å². The Labute approximate surface area is 149 Å². The molecule has 0 unspecified atom stereocenters. The zero-order chi connectivity index (χ0) is 17.1. The number of aromatic nitrogens is 2. The van der Waals surface area contributed by atoms with Crippen molar-refractivity contribution in [3.8, 4) is 11.1 Å². The Bertz CT molecular complexity index is 829. The van der Waals surface area contributed by atoms with E-state index in [0.29, 0.717) is 12.6 Å². The van der Waals surface area contributed by atoms with Gasteiger partial charge in [-0.25, -0.2) is 4.98 Å². The minimum Gasteiger partial charge on any atom is -0.329 e. The third-order valence-corrected chi connectivity index (χ3v) is 5.23. The van der Waals surface area contributed by atoms with Crippen molar-refractivity contribution < 1.29 is 0 Å². The van der Waals surface area contributed by atoms with Crippen molar-refractivity contribution in [1.29, 1.82) is 0 Å². The molecule has 0 radical (unpaired) electrons. The summed E-state index contributed by atoms with van der Waals surface area (Å²) in [6.45, 7) is 2.39. The van der Waals surface area contributed by atoms with Crippen LogP contribution in [0.1, 0.15) is 37.3 Å². The Morgan fingerprint density at radius 1 is 1.04 bits per heavy atom. The summed E-state index contributed by atoms with van der Waals surface area (Å²) < 4.78 is 2.39. The van der Waals surface area contributed by atoms with Crippen LogP contribution < -0.4 is 11.1 Å². The van der Waals surface area contributed by atoms with Crippen LogP contribution in [-0.2, 0) is 6.54 Å². The number of benzene rings is 2. The maximum absolute atomic E-state index is 5.52. The molecule has 25 heavy (non-hydrogen) atoms. The lowest BCUT2D eigenvalue weighted by Gasteiger charge is -2.13. The van der Waals surface area contributed by atoms with Gasteiger partial charge in [0, 0.05) is 25.7 Å². The van der Waals surface area contributed by atoms with Gasteiger partial charge in [-0.15, -0.1) is 0 Å². The summed E-state index contributed by atoms with van der Waals surface area (Å²) in [5.74, 6) is 0. The van der Waals surface area contributed by atoms with E-state index in [2.05, 4.69) is 57.3 Å². The van der Waals surface area contributed by atoms with E-state index in [4.69, 9.17) is 5.73 Å². The maximum atomic E-state index is 5.52. The van der Waals surface area contributed by atoms with E-state index < -0.39 is 0 Å². The first-order valence-corrected chi connectivity index (χ1v) is 9.32. The van der Waals surface area contributed by atoms with Gasteiger partial charge >= 0.3 is 0 Å². The first-order valence-electron chi connectivity index (χ1n) is 9.32. The van der Waals surface area contributed by atoms with Gasteiger partial charge in [0.05, 0.1) is 17.4 Å². The molecule has 130 valence electrons. The van der Waals surface area contributed by atoms with Crippen molar-refractivity contribution in [2.45, 2.75) is 38.3 Å². The highest BCUT2D eigenvalue weighted by Gasteiger charge is 2.18. The summed E-state index contributed by atoms with van der Waals surface area (Å²) >= 11 is 0. The monoisotopic (exact) mass is 334 g/mol. The summed E-state index contributed by atoms with van der Waals surface area (Å²) in [6.07, 6.45) is 7.25. The molecule has 3 N–H and O–H groups in total. The molecule has 0 spiro atoms. The number of rotatable bonds is 6. The fourth-order valence-electron chi connectivity index (χ4n) is 3.83. The van der Waals surface area contributed by atoms with E-state index >= 15 is 0 Å². The highest BCUT2D eigenvalue weighted by Crippen LogP contribution is 2.33. The van der Waals surface area contributed by atoms with E-state index in [0.717, 1.165) is 18.6 Å². The van der Waals surface area contributed by atoms with Crippen LogP contribution in [0.25, 0.3) is 22.2 Å². The fraction of sp³-hybridized carbons (Fsp3) is 0.381. The molecule has 1 aliphatic carbocycles. The van der Waals surface area contributed by atoms with Gasteiger partial charge in [0.1, 0.15) is 0 Å². The second-order valence-corrected chi connectivity index (χ2v) is 6.96. The predicted molar refractivity (Wildman–Crippen MR) is 103 cm³/mol. The molecule has 1 aromatic heterocycles. The maximum Gasteiger partial charge on any atom is 0.0960 e. The first-order chi connectivity index (χ1) is 12.3. The normalized spacial score (nSPS) is 15.2. The number of nitrogens with two attached hydrogens (primary N) is 1. The van der Waals surface area contributed by atoms with Gasteiger partial charge in [-0.2, -0.15) is 0 Å². The number of imidazole rings is 1. The molecule has 2 aromatic carbocycles. The lowest BCUT2D eigenvalue weighted by atomic mass is 10.0. The van der Waals surface area contributed by atoms with Gasteiger partial charge in [-0.3, -0.25) is 0 Å². The molecule has 3 aromatic rings. The molecule has 4 heteroatoms. The molecule has 4 nitrogen and oxygen atoms in total. The summed E-state index contributed by atoms with van der Waals surface area (Å²) in [6, 6.07) is 16.0. The molecule has 1 fully saturated rings. The minimum absolute atomic E-state index is 0.622. The van der Waals surface area contributed by atoms with Crippen molar-refractivity contribution in [1.82, 2.24) is 14.9 Å². The molecule has 0 atom stereocenters. The van der Waals surface area contributed by atoms with Crippen LogP contribution in [0.5, 0.6) is 0 Å². The van der Waals surface area contributed by atoms with Gasteiger partial charge in [0.2, 0.25) is 0 Å². The fourth-order valence-corrected chi connectivity index (χ4v) is 3.83. The van der Waals surface area contributed by atoms with E-state index in [1.807, 2.05) is 6.33 Å². The first kappa shape index (κ1) is 16.3. The van der Waals surface area contributed by atoms with Crippen molar-refractivity contribution in [2.75, 3.05) is 13.1 Å². The number of fused-ring (bicyclic) bond motifs is 1. The number of nitrogens with one attached hydrogen (secondary N) is 1. The number of hydrogen-bond donors (Lipinski definition) is 2. The van der Waals surface area contributed by atoms with E-state index in [9.17, 15) is 0 Å². The highest BCUT2D eigenvalue weighted by atomic mass is 15.1. The Kier molecular flexibility index (Phi) is 4.81. The lowest BCUT2D eigenvalue weighted by molar-refractivity contribution is 0.532. The van der Waals surface area contributed by atoms with E-state index in [1.165, 1.54) is 47.9 Å². The molecule has 4 rings (SSSR count). The van der Waals surface area contributed by atoms with Crippen LogP contribution in [0.3, 0.4) is 0 Å². The molecular weight excluding hydrogens is 308 g/mol. The molecule has 0 amide bonds. The standard InChI is InChI=1S/C21H26N4/c22-11-12-23-14-16-5-7-17(8-6-16)18-9-10-20-21(13-18)25(15-24-20)19-3-1-2-4-19/h5-10,13,15,19,23H,1-4,11-12,14,22H2. The molecule has 1 heterocycles. The van der Waals surface area contributed by atoms with Crippen molar-refractivity contribution in [3.63, 3.8) is 0 Å². The Morgan fingerprint density at radius 3 is 2.56 bits per heavy atom. The molecule has 0 saturated heterocycles. The predicted octanol–water partition coefficient (Wildman–Crippen LogP) is 3.87. The van der Waals surface area contributed by atoms with Gasteiger partial charge in [0.15, 0.2) is 0 Å². The minimum atomic E-state index is 0.622. The zero-order valence-corrected chi connectivity index (χ0v) is 14.6. The van der Waals surface area contributed by atoms with Gasteiger partial charge in [0.25, 0.3) is 0 Å². The summed E-state index contributed by atoms with van der Waals surface area (Å²) in [7, 11) is 0. The van der Waals surface area contributed by atoms with E-state index in [-0.39, 0.29) is 0 Å². The topological polar surface area (TPSA) is 55.9 Å². The van der Waals surface area contributed by atoms with Crippen LogP contribution in [0.15, 0.2) is 48.8 Å². The quantitative estimate of drug-likeness (QED) is 0.673. The Balaban J connectivity index is 1.59. The van der Waals surface area contributed by atoms with Crippen molar-refractivity contribution in [3.05, 3.63) is 54.4 Å². The SMILES string of the molecule is NCCNCc1ccc(-c2ccc3ncn(C4CCCC4)c3c2)cc1. The van der Waals surface area contributed by atoms with Crippen LogP contribution >= 0.6 is 0 Å². The molecule has 0 aliphatic heterocycles. The third kappa shape index (κ3) is 3.46. The third-order valence-electron chi connectivity index (χ3n) is 5.23. The smallest absolute Gasteiger partial charge is 0.0960 e. The summed E-state index contributed by atoms with van der Waals surface area (Å²) in [5.41, 5.74) is 11.7. The van der Waals surface area contributed by atoms with Crippen LogP contribution in [0.2, 0.25) is 0 Å². The molecule has 0 bridgehead atoms. The molecule has 1 saturated carbocycles. The Hall–Kier alpha value is -2.17. The van der Waals surface area contributed by atoms with Gasteiger partial charge in [-0.1, -0.05) is 43.2 Å². The molecular formula is C21H26N4. The average Bonchev–Trinajstić information content (AvgIpc) is 3.31. The Morgan fingerprint density at radius 2 is 1.80 bits per heavy atom. The zero-order valence-electron chi connectivity index (χ0n) is 14.6. The second-order valence-electron chi connectivity index (χ2n) is 6.96. The van der Waals surface area contributed by atoms with Crippen molar-refractivity contribution in [2.24, 2.45) is 5.73 Å². The van der Waals surface area contributed by atoms with Crippen LogP contribution in [0.4, 0.5) is 0 Å². The number of nitrogens with zero attached hydrogens (tertiary/aromatic N) is 2. The summed E-state index contributed by atoms with van der Waals surface area (Å²) in [5, 5.41) is 3.33. The van der Waals surface area contributed by atoms with Crippen molar-refractivity contribution >= 4 is 11.0 Å². The van der Waals surface area contributed by atoms with Gasteiger partial charge in [-0.05, 0) is 41.7 Å². The van der Waals surface area contributed by atoms with Crippen LogP contribution in [0, 0.1) is 0 Å². The van der Waals surface area contributed by atoms with Crippen LogP contribution in [-0.4, -0.2) is 22.6 Å². The largest absolute Gasteiger partial charge is 0.329 e.